The zero-order chi connectivity index (χ0) is 14.2. The molecule has 0 bridgehead atoms. The van der Waals surface area contributed by atoms with E-state index < -0.39 is 0 Å². The molecule has 108 valence electrons. The lowest BCUT2D eigenvalue weighted by Crippen LogP contribution is -2.20. The molecule has 6 heteroatoms. The predicted octanol–water partition coefficient (Wildman–Crippen LogP) is 2.51. The number of aromatic nitrogens is 5. The van der Waals surface area contributed by atoms with Crippen LogP contribution in [0.2, 0.25) is 0 Å². The van der Waals surface area contributed by atoms with Crippen LogP contribution in [0.3, 0.4) is 0 Å². The first kappa shape index (κ1) is 12.4. The molecule has 21 heavy (non-hydrogen) atoms. The molecule has 3 aromatic rings. The summed E-state index contributed by atoms with van der Waals surface area (Å²) in [4.78, 5) is 22.5. The number of aryl methyl sites for hydroxylation is 1. The van der Waals surface area contributed by atoms with E-state index >= 15 is 0 Å². The number of imidazole rings is 1. The van der Waals surface area contributed by atoms with Crippen LogP contribution in [0.25, 0.3) is 22.6 Å². The van der Waals surface area contributed by atoms with Crippen LogP contribution in [0.5, 0.6) is 0 Å². The van der Waals surface area contributed by atoms with Crippen LogP contribution in [0.15, 0.2) is 18.5 Å². The van der Waals surface area contributed by atoms with Crippen molar-refractivity contribution in [2.45, 2.75) is 26.2 Å². The van der Waals surface area contributed by atoms with E-state index in [4.69, 9.17) is 0 Å². The van der Waals surface area contributed by atoms with E-state index in [0.29, 0.717) is 0 Å². The molecule has 2 N–H and O–H groups in total. The maximum absolute atomic E-state index is 4.64. The molecule has 0 atom stereocenters. The van der Waals surface area contributed by atoms with Gasteiger partial charge in [-0.05, 0) is 25.3 Å². The molecule has 0 saturated carbocycles. The Kier molecular flexibility index (Phi) is 2.87. The maximum atomic E-state index is 4.64. The van der Waals surface area contributed by atoms with E-state index in [-0.39, 0.29) is 0 Å². The average molecular weight is 282 g/mol. The second-order valence-corrected chi connectivity index (χ2v) is 5.41. The lowest BCUT2D eigenvalue weighted by molar-refractivity contribution is 0.905. The zero-order valence-corrected chi connectivity index (χ0v) is 12.1. The number of H-pyrrole nitrogens is 2. The fourth-order valence-corrected chi connectivity index (χ4v) is 2.91. The Morgan fingerprint density at radius 2 is 2.10 bits per heavy atom. The van der Waals surface area contributed by atoms with E-state index in [1.165, 1.54) is 18.5 Å². The summed E-state index contributed by atoms with van der Waals surface area (Å²) in [6.07, 6.45) is 7.17. The van der Waals surface area contributed by atoms with Crippen LogP contribution < -0.4 is 4.90 Å². The predicted molar refractivity (Wildman–Crippen MR) is 82.3 cm³/mol. The van der Waals surface area contributed by atoms with Gasteiger partial charge in [0, 0.05) is 30.5 Å². The SMILES string of the molecule is CCc1[nH]ccc1-c1nc2nc(N3CCCC3)ncc2[nH]1. The highest BCUT2D eigenvalue weighted by Crippen LogP contribution is 2.24. The van der Waals surface area contributed by atoms with Crippen molar-refractivity contribution < 1.29 is 0 Å². The van der Waals surface area contributed by atoms with Gasteiger partial charge in [-0.3, -0.25) is 0 Å². The first-order chi connectivity index (χ1) is 10.3. The highest BCUT2D eigenvalue weighted by atomic mass is 15.3. The Bertz CT molecular complexity index is 765. The smallest absolute Gasteiger partial charge is 0.227 e. The Labute approximate surface area is 122 Å². The van der Waals surface area contributed by atoms with E-state index in [9.17, 15) is 0 Å². The molecule has 0 aliphatic carbocycles. The second-order valence-electron chi connectivity index (χ2n) is 5.41. The summed E-state index contributed by atoms with van der Waals surface area (Å²) in [5.74, 6) is 1.65. The van der Waals surface area contributed by atoms with Gasteiger partial charge in [0.25, 0.3) is 0 Å². The van der Waals surface area contributed by atoms with Gasteiger partial charge in [-0.2, -0.15) is 4.98 Å². The molecule has 6 nitrogen and oxygen atoms in total. The first-order valence-corrected chi connectivity index (χ1v) is 7.49. The zero-order valence-electron chi connectivity index (χ0n) is 12.1. The fraction of sp³-hybridized carbons (Fsp3) is 0.400. The van der Waals surface area contributed by atoms with Crippen molar-refractivity contribution in [3.05, 3.63) is 24.2 Å². The number of nitrogens with zero attached hydrogens (tertiary/aromatic N) is 4. The summed E-state index contributed by atoms with van der Waals surface area (Å²) in [6.45, 7) is 4.21. The molecule has 1 aliphatic rings. The van der Waals surface area contributed by atoms with Gasteiger partial charge < -0.3 is 14.9 Å². The van der Waals surface area contributed by atoms with Crippen molar-refractivity contribution in [2.24, 2.45) is 0 Å². The lowest BCUT2D eigenvalue weighted by atomic mass is 10.2. The van der Waals surface area contributed by atoms with Gasteiger partial charge in [0.15, 0.2) is 5.65 Å². The minimum absolute atomic E-state index is 0.741. The Balaban J connectivity index is 1.76. The topological polar surface area (TPSA) is 73.5 Å². The van der Waals surface area contributed by atoms with Crippen LogP contribution in [-0.4, -0.2) is 38.0 Å². The van der Waals surface area contributed by atoms with Gasteiger partial charge >= 0.3 is 0 Å². The van der Waals surface area contributed by atoms with Crippen molar-refractivity contribution in [3.8, 4) is 11.4 Å². The van der Waals surface area contributed by atoms with Gasteiger partial charge in [-0.15, -0.1) is 0 Å². The molecule has 0 amide bonds. The molecule has 1 aliphatic heterocycles. The summed E-state index contributed by atoms with van der Waals surface area (Å²) in [5.41, 5.74) is 3.92. The minimum atomic E-state index is 0.741. The van der Waals surface area contributed by atoms with Gasteiger partial charge in [0.2, 0.25) is 5.95 Å². The number of fused-ring (bicyclic) bond motifs is 1. The number of rotatable bonds is 3. The monoisotopic (exact) mass is 282 g/mol. The van der Waals surface area contributed by atoms with Gasteiger partial charge in [-0.1, -0.05) is 6.92 Å². The van der Waals surface area contributed by atoms with Crippen LogP contribution in [0.4, 0.5) is 5.95 Å². The molecular weight excluding hydrogens is 264 g/mol. The third-order valence-electron chi connectivity index (χ3n) is 4.06. The normalized spacial score (nSPS) is 15.2. The number of anilines is 1. The molecule has 0 aromatic carbocycles. The Morgan fingerprint density at radius 3 is 2.90 bits per heavy atom. The third kappa shape index (κ3) is 2.07. The molecule has 0 spiro atoms. The van der Waals surface area contributed by atoms with Crippen molar-refractivity contribution in [1.82, 2.24) is 24.9 Å². The van der Waals surface area contributed by atoms with Gasteiger partial charge in [-0.25, -0.2) is 9.97 Å². The Morgan fingerprint density at radius 1 is 1.24 bits per heavy atom. The molecule has 4 rings (SSSR count). The second kappa shape index (κ2) is 4.87. The van der Waals surface area contributed by atoms with Crippen LogP contribution in [0, 0.1) is 0 Å². The standard InChI is InChI=1S/C15H18N6/c1-2-11-10(5-6-16-11)13-18-12-9-17-15(20-14(12)19-13)21-7-3-4-8-21/h5-6,9,16H,2-4,7-8H2,1H3,(H,17,18,19,20). The molecule has 4 heterocycles. The van der Waals surface area contributed by atoms with E-state index in [1.807, 2.05) is 18.5 Å². The minimum Gasteiger partial charge on any atom is -0.364 e. The highest BCUT2D eigenvalue weighted by molar-refractivity contribution is 5.76. The van der Waals surface area contributed by atoms with Crippen molar-refractivity contribution >= 4 is 17.1 Å². The average Bonchev–Trinajstić information content (AvgIpc) is 3.24. The lowest BCUT2D eigenvalue weighted by Gasteiger charge is -2.13. The van der Waals surface area contributed by atoms with E-state index in [0.717, 1.165) is 48.0 Å². The molecule has 1 fully saturated rings. The summed E-state index contributed by atoms with van der Waals surface area (Å²) in [5, 5.41) is 0. The van der Waals surface area contributed by atoms with Crippen LogP contribution in [0.1, 0.15) is 25.5 Å². The van der Waals surface area contributed by atoms with Gasteiger partial charge in [0.1, 0.15) is 11.3 Å². The molecule has 1 saturated heterocycles. The maximum Gasteiger partial charge on any atom is 0.227 e. The number of nitrogens with one attached hydrogen (secondary N) is 2. The molecule has 0 radical (unpaired) electrons. The van der Waals surface area contributed by atoms with Crippen LogP contribution in [-0.2, 0) is 6.42 Å². The number of hydrogen-bond acceptors (Lipinski definition) is 4. The fourth-order valence-electron chi connectivity index (χ4n) is 2.91. The summed E-state index contributed by atoms with van der Waals surface area (Å²) >= 11 is 0. The molecular formula is C15H18N6. The Hall–Kier alpha value is -2.37. The van der Waals surface area contributed by atoms with Crippen molar-refractivity contribution in [2.75, 3.05) is 18.0 Å². The first-order valence-electron chi connectivity index (χ1n) is 7.49. The van der Waals surface area contributed by atoms with E-state index in [1.54, 1.807) is 0 Å². The number of aromatic amines is 2. The third-order valence-corrected chi connectivity index (χ3v) is 4.06. The molecule has 3 aromatic heterocycles. The molecule has 0 unspecified atom stereocenters. The highest BCUT2D eigenvalue weighted by Gasteiger charge is 2.17. The summed E-state index contributed by atoms with van der Waals surface area (Å²) < 4.78 is 0. The summed E-state index contributed by atoms with van der Waals surface area (Å²) in [7, 11) is 0. The summed E-state index contributed by atoms with van der Waals surface area (Å²) in [6, 6.07) is 2.05. The van der Waals surface area contributed by atoms with Crippen LogP contribution >= 0.6 is 0 Å². The van der Waals surface area contributed by atoms with Crippen molar-refractivity contribution in [3.63, 3.8) is 0 Å². The van der Waals surface area contributed by atoms with Gasteiger partial charge in [0.05, 0.1) is 6.20 Å². The number of hydrogen-bond donors (Lipinski definition) is 2. The van der Waals surface area contributed by atoms with Crippen molar-refractivity contribution in [1.29, 1.82) is 0 Å². The van der Waals surface area contributed by atoms with E-state index in [2.05, 4.69) is 36.7 Å². The quantitative estimate of drug-likeness (QED) is 0.774. The largest absolute Gasteiger partial charge is 0.364 e.